The monoisotopic (exact) mass is 352 g/mol. The van der Waals surface area contributed by atoms with E-state index in [1.165, 1.54) is 6.92 Å². The average Bonchev–Trinajstić information content (AvgIpc) is 2.59. The van der Waals surface area contributed by atoms with Gasteiger partial charge in [0.25, 0.3) is 0 Å². The molecule has 8 heteroatoms. The molecule has 1 saturated heterocycles. The van der Waals surface area contributed by atoms with Crippen molar-refractivity contribution in [1.82, 2.24) is 20.4 Å². The zero-order valence-corrected chi connectivity index (χ0v) is 14.9. The Balaban J connectivity index is 1.95. The molecule has 0 saturated carbocycles. The summed E-state index contributed by atoms with van der Waals surface area (Å²) >= 11 is 1.66. The summed E-state index contributed by atoms with van der Waals surface area (Å²) in [5, 5.41) is 10.5. The third kappa shape index (κ3) is 5.67. The van der Waals surface area contributed by atoms with Crippen molar-refractivity contribution in [2.75, 3.05) is 25.1 Å². The van der Waals surface area contributed by atoms with Crippen molar-refractivity contribution in [3.05, 3.63) is 18.3 Å². The van der Waals surface area contributed by atoms with Crippen molar-refractivity contribution in [1.29, 1.82) is 0 Å². The van der Waals surface area contributed by atoms with Gasteiger partial charge in [-0.05, 0) is 37.3 Å². The van der Waals surface area contributed by atoms with Gasteiger partial charge in [-0.15, -0.1) is 5.10 Å². The Labute approximate surface area is 146 Å². The maximum absolute atomic E-state index is 12.8. The van der Waals surface area contributed by atoms with Gasteiger partial charge in [-0.25, -0.2) is 0 Å². The summed E-state index contributed by atoms with van der Waals surface area (Å²) in [5.74, 6) is 1.08. The summed E-state index contributed by atoms with van der Waals surface area (Å²) < 4.78 is 5.82. The SMILES string of the molecule is CSCC[C@@H](NC(C)=O)C(=O)N1CCC[C@@H](Oc2cccnn2)C1. The molecule has 1 aliphatic heterocycles. The Morgan fingerprint density at radius 2 is 2.38 bits per heavy atom. The lowest BCUT2D eigenvalue weighted by atomic mass is 10.1. The highest BCUT2D eigenvalue weighted by Crippen LogP contribution is 2.17. The van der Waals surface area contributed by atoms with Gasteiger partial charge < -0.3 is 15.0 Å². The predicted octanol–water partition coefficient (Wildman–Crippen LogP) is 1.10. The van der Waals surface area contributed by atoms with E-state index in [-0.39, 0.29) is 17.9 Å². The Morgan fingerprint density at radius 1 is 1.54 bits per heavy atom. The zero-order chi connectivity index (χ0) is 17.4. The topological polar surface area (TPSA) is 84.4 Å². The summed E-state index contributed by atoms with van der Waals surface area (Å²) in [6.45, 7) is 2.63. The second kappa shape index (κ2) is 9.46. The van der Waals surface area contributed by atoms with Crippen LogP contribution in [-0.2, 0) is 9.59 Å². The van der Waals surface area contributed by atoms with Gasteiger partial charge in [-0.2, -0.15) is 16.9 Å². The van der Waals surface area contributed by atoms with Crippen molar-refractivity contribution >= 4 is 23.6 Å². The summed E-state index contributed by atoms with van der Waals surface area (Å²) in [7, 11) is 0. The summed E-state index contributed by atoms with van der Waals surface area (Å²) in [6.07, 6.45) is 5.85. The van der Waals surface area contributed by atoms with Gasteiger partial charge in [-0.3, -0.25) is 9.59 Å². The minimum Gasteiger partial charge on any atom is -0.471 e. The van der Waals surface area contributed by atoms with Gasteiger partial charge in [0.1, 0.15) is 12.1 Å². The molecule has 0 aliphatic carbocycles. The van der Waals surface area contributed by atoms with Crippen LogP contribution in [0.5, 0.6) is 5.88 Å². The molecule has 0 radical (unpaired) electrons. The Hall–Kier alpha value is -1.83. The third-order valence-corrected chi connectivity index (χ3v) is 4.46. The van der Waals surface area contributed by atoms with Crippen LogP contribution in [0.1, 0.15) is 26.2 Å². The fourth-order valence-corrected chi connectivity index (χ4v) is 3.19. The highest BCUT2D eigenvalue weighted by atomic mass is 32.2. The van der Waals surface area contributed by atoms with Crippen LogP contribution in [0.25, 0.3) is 0 Å². The second-order valence-corrected chi connectivity index (χ2v) is 6.75. The van der Waals surface area contributed by atoms with E-state index in [1.807, 2.05) is 6.26 Å². The largest absolute Gasteiger partial charge is 0.471 e. The Bertz CT molecular complexity index is 543. The van der Waals surface area contributed by atoms with Crippen LogP contribution in [0.4, 0.5) is 0 Å². The highest BCUT2D eigenvalue weighted by Gasteiger charge is 2.30. The smallest absolute Gasteiger partial charge is 0.245 e. The molecule has 1 N–H and O–H groups in total. The summed E-state index contributed by atoms with van der Waals surface area (Å²) in [5.41, 5.74) is 0. The van der Waals surface area contributed by atoms with Crippen molar-refractivity contribution < 1.29 is 14.3 Å². The van der Waals surface area contributed by atoms with Gasteiger partial charge in [0.05, 0.1) is 6.54 Å². The summed E-state index contributed by atoms with van der Waals surface area (Å²) in [6, 6.07) is 3.06. The number of likely N-dealkylation sites (tertiary alicyclic amines) is 1. The molecule has 132 valence electrons. The number of ether oxygens (including phenoxy) is 1. The fourth-order valence-electron chi connectivity index (χ4n) is 2.71. The van der Waals surface area contributed by atoms with Gasteiger partial charge >= 0.3 is 0 Å². The fraction of sp³-hybridized carbons (Fsp3) is 0.625. The number of hydrogen-bond donors (Lipinski definition) is 1. The number of nitrogens with zero attached hydrogens (tertiary/aromatic N) is 3. The molecule has 2 rings (SSSR count). The first-order valence-corrected chi connectivity index (χ1v) is 9.48. The van der Waals surface area contributed by atoms with Crippen LogP contribution in [-0.4, -0.2) is 64.2 Å². The van der Waals surface area contributed by atoms with E-state index in [1.54, 1.807) is 35.0 Å². The van der Waals surface area contributed by atoms with Crippen LogP contribution in [0.3, 0.4) is 0 Å². The van der Waals surface area contributed by atoms with Crippen molar-refractivity contribution in [2.24, 2.45) is 0 Å². The maximum atomic E-state index is 12.8. The maximum Gasteiger partial charge on any atom is 0.245 e. The van der Waals surface area contributed by atoms with Crippen LogP contribution >= 0.6 is 11.8 Å². The van der Waals surface area contributed by atoms with Crippen molar-refractivity contribution in [3.8, 4) is 5.88 Å². The first kappa shape index (κ1) is 18.5. The van der Waals surface area contributed by atoms with E-state index in [4.69, 9.17) is 4.74 Å². The first-order valence-electron chi connectivity index (χ1n) is 8.09. The molecule has 0 aromatic carbocycles. The summed E-state index contributed by atoms with van der Waals surface area (Å²) in [4.78, 5) is 25.9. The molecule has 1 aromatic heterocycles. The molecule has 0 unspecified atom stereocenters. The quantitative estimate of drug-likeness (QED) is 0.791. The number of piperidine rings is 1. The minimum atomic E-state index is -0.467. The number of carbonyl (C=O) groups excluding carboxylic acids is 2. The van der Waals surface area contributed by atoms with E-state index >= 15 is 0 Å². The van der Waals surface area contributed by atoms with E-state index in [0.29, 0.717) is 25.4 Å². The zero-order valence-electron chi connectivity index (χ0n) is 14.1. The molecule has 0 spiro atoms. The standard InChI is InChI=1S/C16H24N4O3S/c1-12(21)18-14(7-10-24-2)16(22)20-9-4-5-13(11-20)23-15-6-3-8-17-19-15/h3,6,8,13-14H,4-5,7,9-11H2,1-2H3,(H,18,21)/t13-,14-/m1/s1. The number of nitrogens with one attached hydrogen (secondary N) is 1. The molecule has 1 fully saturated rings. The van der Waals surface area contributed by atoms with Crippen LogP contribution in [0, 0.1) is 0 Å². The Kier molecular flexibility index (Phi) is 7.30. The molecule has 2 atom stereocenters. The molecule has 0 bridgehead atoms. The average molecular weight is 352 g/mol. The van der Waals surface area contributed by atoms with E-state index in [2.05, 4.69) is 15.5 Å². The van der Waals surface area contributed by atoms with Gasteiger partial charge in [0.2, 0.25) is 17.7 Å². The van der Waals surface area contributed by atoms with Crippen LogP contribution < -0.4 is 10.1 Å². The van der Waals surface area contributed by atoms with E-state index in [0.717, 1.165) is 18.6 Å². The molecule has 1 aromatic rings. The van der Waals surface area contributed by atoms with Gasteiger partial charge in [0.15, 0.2) is 0 Å². The van der Waals surface area contributed by atoms with E-state index < -0.39 is 6.04 Å². The first-order chi connectivity index (χ1) is 11.6. The Morgan fingerprint density at radius 3 is 3.04 bits per heavy atom. The highest BCUT2D eigenvalue weighted by molar-refractivity contribution is 7.98. The third-order valence-electron chi connectivity index (χ3n) is 3.81. The van der Waals surface area contributed by atoms with Crippen molar-refractivity contribution in [3.63, 3.8) is 0 Å². The molecule has 2 amide bonds. The predicted molar refractivity (Wildman–Crippen MR) is 92.9 cm³/mol. The lowest BCUT2D eigenvalue weighted by Gasteiger charge is -2.34. The molecule has 24 heavy (non-hydrogen) atoms. The number of aromatic nitrogens is 2. The molecular weight excluding hydrogens is 328 g/mol. The number of rotatable bonds is 7. The van der Waals surface area contributed by atoms with Crippen molar-refractivity contribution in [2.45, 2.75) is 38.3 Å². The number of thioether (sulfide) groups is 1. The van der Waals surface area contributed by atoms with Crippen LogP contribution in [0.2, 0.25) is 0 Å². The normalized spacial score (nSPS) is 18.8. The van der Waals surface area contributed by atoms with Crippen LogP contribution in [0.15, 0.2) is 18.3 Å². The van der Waals surface area contributed by atoms with Gasteiger partial charge in [-0.1, -0.05) is 0 Å². The lowest BCUT2D eigenvalue weighted by molar-refractivity contribution is -0.138. The minimum absolute atomic E-state index is 0.0355. The molecule has 7 nitrogen and oxygen atoms in total. The number of hydrogen-bond acceptors (Lipinski definition) is 6. The van der Waals surface area contributed by atoms with E-state index in [9.17, 15) is 9.59 Å². The molecule has 1 aliphatic rings. The number of carbonyl (C=O) groups is 2. The molecular formula is C16H24N4O3S. The lowest BCUT2D eigenvalue weighted by Crippen LogP contribution is -2.52. The van der Waals surface area contributed by atoms with Gasteiger partial charge in [0, 0.05) is 25.7 Å². The molecule has 2 heterocycles. The second-order valence-electron chi connectivity index (χ2n) is 5.76. The number of amides is 2.